The molecule has 0 spiro atoms. The summed E-state index contributed by atoms with van der Waals surface area (Å²) in [6, 6.07) is 3.85. The molecule has 0 aromatic heterocycles. The van der Waals surface area contributed by atoms with Crippen molar-refractivity contribution in [2.75, 3.05) is 0 Å². The molecule has 0 aliphatic heterocycles. The monoisotopic (exact) mass is 280 g/mol. The Morgan fingerprint density at radius 2 is 1.84 bits per heavy atom. The molecule has 0 heterocycles. The smallest absolute Gasteiger partial charge is 0.308 e. The number of esters is 1. The number of benzene rings is 1. The van der Waals surface area contributed by atoms with Gasteiger partial charge in [-0.3, -0.25) is 9.59 Å². The van der Waals surface area contributed by atoms with Crippen LogP contribution in [0.5, 0.6) is 5.75 Å². The van der Waals surface area contributed by atoms with Crippen LogP contribution in [-0.2, 0) is 15.0 Å². The molecule has 0 radical (unpaired) electrons. The maximum absolute atomic E-state index is 11.3. The third-order valence-electron chi connectivity index (χ3n) is 2.97. The van der Waals surface area contributed by atoms with E-state index in [4.69, 9.17) is 4.74 Å². The molecule has 0 unspecified atom stereocenters. The van der Waals surface area contributed by atoms with Gasteiger partial charge in [-0.25, -0.2) is 0 Å². The average Bonchev–Trinajstić information content (AvgIpc) is 2.10. The van der Waals surface area contributed by atoms with Crippen molar-refractivity contribution in [2.45, 2.75) is 46.5 Å². The fraction of sp³-hybridized carbons (Fsp3) is 0.467. The zero-order valence-electron chi connectivity index (χ0n) is 12.0. The highest BCUT2D eigenvalue weighted by molar-refractivity contribution is 7.96. The average molecular weight is 280 g/mol. The second-order valence-electron chi connectivity index (χ2n) is 5.50. The molecular formula is C15H20O3S. The first kappa shape index (κ1) is 15.8. The Hall–Kier alpha value is -1.29. The van der Waals surface area contributed by atoms with Crippen LogP contribution in [0.3, 0.4) is 0 Å². The Morgan fingerprint density at radius 1 is 1.26 bits per heavy atom. The number of thiol groups is 1. The fourth-order valence-electron chi connectivity index (χ4n) is 2.50. The molecule has 4 heteroatoms. The van der Waals surface area contributed by atoms with Gasteiger partial charge < -0.3 is 4.74 Å². The number of aryl methyl sites for hydroxylation is 2. The molecule has 0 bridgehead atoms. The lowest BCUT2D eigenvalue weighted by Crippen LogP contribution is -2.23. The van der Waals surface area contributed by atoms with Crippen LogP contribution in [0.1, 0.15) is 43.9 Å². The summed E-state index contributed by atoms with van der Waals surface area (Å²) < 4.78 is 5.30. The fourth-order valence-corrected chi connectivity index (χ4v) is 2.89. The molecule has 1 aromatic carbocycles. The van der Waals surface area contributed by atoms with Crippen molar-refractivity contribution in [3.63, 3.8) is 0 Å². The van der Waals surface area contributed by atoms with E-state index >= 15 is 0 Å². The van der Waals surface area contributed by atoms with Crippen molar-refractivity contribution in [1.29, 1.82) is 0 Å². The van der Waals surface area contributed by atoms with Gasteiger partial charge in [0.05, 0.1) is 0 Å². The van der Waals surface area contributed by atoms with E-state index in [0.29, 0.717) is 5.75 Å². The number of hydrogen-bond donors (Lipinski definition) is 1. The molecule has 0 aliphatic rings. The third kappa shape index (κ3) is 4.10. The molecule has 104 valence electrons. The number of rotatable bonds is 4. The van der Waals surface area contributed by atoms with Crippen LogP contribution >= 0.6 is 12.6 Å². The Labute approximate surface area is 119 Å². The molecule has 0 amide bonds. The van der Waals surface area contributed by atoms with Crippen LogP contribution in [0.15, 0.2) is 12.1 Å². The van der Waals surface area contributed by atoms with Gasteiger partial charge in [0.2, 0.25) is 0 Å². The molecule has 0 N–H and O–H groups in total. The second kappa shape index (κ2) is 5.78. The molecular weight excluding hydrogens is 260 g/mol. The van der Waals surface area contributed by atoms with Crippen LogP contribution in [-0.4, -0.2) is 11.1 Å². The van der Waals surface area contributed by atoms with Crippen molar-refractivity contribution >= 4 is 23.7 Å². The zero-order valence-corrected chi connectivity index (χ0v) is 12.9. The Morgan fingerprint density at radius 3 is 2.32 bits per heavy atom. The highest BCUT2D eigenvalue weighted by atomic mass is 32.1. The highest BCUT2D eigenvalue weighted by Crippen LogP contribution is 2.38. The Balaban J connectivity index is 3.39. The first-order chi connectivity index (χ1) is 8.63. The standard InChI is InChI=1S/C15H20O3S/c1-9-6-10(2)14(12(7-9)18-11(3)16)15(4,5)8-13(17)19/h6-7H,8H2,1-5H3,(H,17,19). The van der Waals surface area contributed by atoms with Crippen molar-refractivity contribution < 1.29 is 14.3 Å². The van der Waals surface area contributed by atoms with Gasteiger partial charge >= 0.3 is 5.97 Å². The third-order valence-corrected chi connectivity index (χ3v) is 3.13. The minimum atomic E-state index is -0.429. The lowest BCUT2D eigenvalue weighted by molar-refractivity contribution is -0.131. The summed E-state index contributed by atoms with van der Waals surface area (Å²) in [6.45, 7) is 9.18. The van der Waals surface area contributed by atoms with Gasteiger partial charge in [-0.2, -0.15) is 0 Å². The minimum Gasteiger partial charge on any atom is -0.426 e. The number of hydrogen-bond acceptors (Lipinski definition) is 3. The first-order valence-electron chi connectivity index (χ1n) is 6.15. The zero-order chi connectivity index (χ0) is 14.8. The Kier molecular flexibility index (Phi) is 4.80. The topological polar surface area (TPSA) is 43.4 Å². The van der Waals surface area contributed by atoms with Gasteiger partial charge in [-0.1, -0.05) is 19.9 Å². The van der Waals surface area contributed by atoms with Gasteiger partial charge in [0.1, 0.15) is 5.75 Å². The van der Waals surface area contributed by atoms with E-state index in [0.717, 1.165) is 16.7 Å². The highest BCUT2D eigenvalue weighted by Gasteiger charge is 2.29. The van der Waals surface area contributed by atoms with Crippen LogP contribution in [0.25, 0.3) is 0 Å². The first-order valence-corrected chi connectivity index (χ1v) is 6.60. The van der Waals surface area contributed by atoms with E-state index in [1.54, 1.807) is 0 Å². The second-order valence-corrected chi connectivity index (χ2v) is 6.00. The van der Waals surface area contributed by atoms with E-state index in [-0.39, 0.29) is 17.5 Å². The number of carbonyl (C=O) groups excluding carboxylic acids is 2. The lowest BCUT2D eigenvalue weighted by Gasteiger charge is -2.28. The lowest BCUT2D eigenvalue weighted by atomic mass is 9.78. The summed E-state index contributed by atoms with van der Waals surface area (Å²) in [5.41, 5.74) is 2.48. The van der Waals surface area contributed by atoms with Gasteiger partial charge in [-0.05, 0) is 31.0 Å². The number of ether oxygens (including phenoxy) is 1. The van der Waals surface area contributed by atoms with Crippen molar-refractivity contribution in [3.05, 3.63) is 28.8 Å². The van der Waals surface area contributed by atoms with Gasteiger partial charge in [0.25, 0.3) is 0 Å². The largest absolute Gasteiger partial charge is 0.426 e. The van der Waals surface area contributed by atoms with Gasteiger partial charge in [0.15, 0.2) is 5.12 Å². The van der Waals surface area contributed by atoms with Crippen LogP contribution in [0.2, 0.25) is 0 Å². The summed E-state index contributed by atoms with van der Waals surface area (Å²) in [7, 11) is 0. The number of carbonyl (C=O) groups is 2. The maximum Gasteiger partial charge on any atom is 0.308 e. The summed E-state index contributed by atoms with van der Waals surface area (Å²) in [5, 5.41) is -0.182. The van der Waals surface area contributed by atoms with Crippen molar-refractivity contribution in [1.82, 2.24) is 0 Å². The quantitative estimate of drug-likeness (QED) is 0.522. The molecule has 19 heavy (non-hydrogen) atoms. The molecule has 0 atom stereocenters. The SMILES string of the molecule is CC(=O)Oc1cc(C)cc(C)c1C(C)(C)CC(=O)S. The maximum atomic E-state index is 11.3. The molecule has 3 nitrogen and oxygen atoms in total. The van der Waals surface area contributed by atoms with E-state index in [2.05, 4.69) is 12.6 Å². The van der Waals surface area contributed by atoms with Crippen LogP contribution < -0.4 is 4.74 Å². The Bertz CT molecular complexity index is 518. The summed E-state index contributed by atoms with van der Waals surface area (Å²) in [4.78, 5) is 22.5. The van der Waals surface area contributed by atoms with E-state index < -0.39 is 5.41 Å². The van der Waals surface area contributed by atoms with Gasteiger partial charge in [-0.15, -0.1) is 12.6 Å². The normalized spacial score (nSPS) is 11.3. The van der Waals surface area contributed by atoms with E-state index in [9.17, 15) is 9.59 Å². The predicted molar refractivity (Wildman–Crippen MR) is 78.9 cm³/mol. The molecule has 0 fully saturated rings. The van der Waals surface area contributed by atoms with E-state index in [1.807, 2.05) is 39.8 Å². The van der Waals surface area contributed by atoms with E-state index in [1.165, 1.54) is 6.92 Å². The molecule has 1 aromatic rings. The predicted octanol–water partition coefficient (Wildman–Crippen LogP) is 3.35. The summed E-state index contributed by atoms with van der Waals surface area (Å²) >= 11 is 3.85. The van der Waals surface area contributed by atoms with Crippen molar-refractivity contribution in [3.8, 4) is 5.75 Å². The summed E-state index contributed by atoms with van der Waals surface area (Å²) in [6.07, 6.45) is 0.286. The molecule has 0 aliphatic carbocycles. The summed E-state index contributed by atoms with van der Waals surface area (Å²) in [5.74, 6) is 0.170. The van der Waals surface area contributed by atoms with Crippen LogP contribution in [0, 0.1) is 13.8 Å². The van der Waals surface area contributed by atoms with Crippen molar-refractivity contribution in [2.24, 2.45) is 0 Å². The molecule has 1 rings (SSSR count). The van der Waals surface area contributed by atoms with Gasteiger partial charge in [0, 0.05) is 24.3 Å². The molecule has 0 saturated carbocycles. The molecule has 0 saturated heterocycles. The van der Waals surface area contributed by atoms with Crippen LogP contribution in [0.4, 0.5) is 0 Å². The minimum absolute atomic E-state index is 0.182.